The van der Waals surface area contributed by atoms with Gasteiger partial charge in [0.1, 0.15) is 5.75 Å². The lowest BCUT2D eigenvalue weighted by atomic mass is 10.0. The Morgan fingerprint density at radius 1 is 1.57 bits per heavy atom. The molecule has 1 aliphatic heterocycles. The van der Waals surface area contributed by atoms with Gasteiger partial charge in [-0.3, -0.25) is 0 Å². The molecule has 0 saturated heterocycles. The summed E-state index contributed by atoms with van der Waals surface area (Å²) in [4.78, 5) is 0. The molecule has 1 unspecified atom stereocenters. The highest BCUT2D eigenvalue weighted by Gasteiger charge is 2.17. The first-order valence-corrected chi connectivity index (χ1v) is 5.66. The largest absolute Gasteiger partial charge is 0.493 e. The minimum atomic E-state index is 0.178. The van der Waals surface area contributed by atoms with Gasteiger partial charge in [0.05, 0.1) is 6.61 Å². The zero-order valence-corrected chi connectivity index (χ0v) is 9.80. The monoisotopic (exact) mass is 255 g/mol. The van der Waals surface area contributed by atoms with Crippen molar-refractivity contribution in [1.82, 2.24) is 0 Å². The predicted molar refractivity (Wildman–Crippen MR) is 60.7 cm³/mol. The van der Waals surface area contributed by atoms with Gasteiger partial charge in [0.25, 0.3) is 0 Å². The second-order valence-electron chi connectivity index (χ2n) is 3.83. The van der Waals surface area contributed by atoms with Crippen molar-refractivity contribution in [3.63, 3.8) is 0 Å². The van der Waals surface area contributed by atoms with E-state index in [0.29, 0.717) is 0 Å². The third-order valence-electron chi connectivity index (χ3n) is 2.37. The molecular formula is C11H14BrNO. The molecule has 1 atom stereocenters. The fraction of sp³-hybridized carbons (Fsp3) is 0.455. The number of hydrogen-bond donors (Lipinski definition) is 1. The van der Waals surface area contributed by atoms with Crippen LogP contribution in [-0.4, -0.2) is 12.6 Å². The van der Waals surface area contributed by atoms with Crippen molar-refractivity contribution in [1.29, 1.82) is 0 Å². The summed E-state index contributed by atoms with van der Waals surface area (Å²) in [6, 6.07) is 4.41. The van der Waals surface area contributed by atoms with E-state index in [1.807, 2.05) is 6.92 Å². The molecule has 0 amide bonds. The molecule has 1 aromatic carbocycles. The van der Waals surface area contributed by atoms with E-state index in [1.165, 1.54) is 11.1 Å². The maximum absolute atomic E-state index is 5.80. The quantitative estimate of drug-likeness (QED) is 0.881. The first kappa shape index (κ1) is 9.99. The Morgan fingerprint density at radius 2 is 2.36 bits per heavy atom. The third kappa shape index (κ3) is 1.93. The summed E-state index contributed by atoms with van der Waals surface area (Å²) in [6.45, 7) is 2.82. The fourth-order valence-electron chi connectivity index (χ4n) is 1.84. The molecule has 2 rings (SSSR count). The van der Waals surface area contributed by atoms with Crippen LogP contribution in [0.1, 0.15) is 18.1 Å². The molecule has 0 radical (unpaired) electrons. The molecule has 14 heavy (non-hydrogen) atoms. The first-order chi connectivity index (χ1) is 6.66. The van der Waals surface area contributed by atoms with Gasteiger partial charge in [0.2, 0.25) is 0 Å². The summed E-state index contributed by atoms with van der Waals surface area (Å²) >= 11 is 3.51. The fourth-order valence-corrected chi connectivity index (χ4v) is 2.40. The van der Waals surface area contributed by atoms with Crippen LogP contribution in [0.4, 0.5) is 0 Å². The minimum Gasteiger partial charge on any atom is -0.493 e. The molecule has 1 heterocycles. The van der Waals surface area contributed by atoms with E-state index in [9.17, 15) is 0 Å². The zero-order valence-electron chi connectivity index (χ0n) is 8.22. The van der Waals surface area contributed by atoms with Crippen molar-refractivity contribution in [3.05, 3.63) is 27.7 Å². The van der Waals surface area contributed by atoms with Crippen LogP contribution in [0, 0.1) is 0 Å². The first-order valence-electron chi connectivity index (χ1n) is 4.86. The molecule has 2 nitrogen and oxygen atoms in total. The van der Waals surface area contributed by atoms with Gasteiger partial charge in [-0.2, -0.15) is 0 Å². The maximum Gasteiger partial charge on any atom is 0.125 e. The van der Waals surface area contributed by atoms with Crippen LogP contribution in [0.3, 0.4) is 0 Å². The standard InChI is InChI=1S/C11H14BrNO/c1-7(13)4-9-6-10(12)5-8-2-3-14-11(8)9/h5-7H,2-4,13H2,1H3. The number of rotatable bonds is 2. The Morgan fingerprint density at radius 3 is 3.07 bits per heavy atom. The van der Waals surface area contributed by atoms with E-state index in [4.69, 9.17) is 10.5 Å². The van der Waals surface area contributed by atoms with Gasteiger partial charge in [0.15, 0.2) is 0 Å². The van der Waals surface area contributed by atoms with Crippen LogP contribution in [0.5, 0.6) is 5.75 Å². The van der Waals surface area contributed by atoms with Gasteiger partial charge in [-0.05, 0) is 36.6 Å². The highest BCUT2D eigenvalue weighted by Crippen LogP contribution is 2.33. The van der Waals surface area contributed by atoms with Crippen LogP contribution in [0.15, 0.2) is 16.6 Å². The topological polar surface area (TPSA) is 35.2 Å². The summed E-state index contributed by atoms with van der Waals surface area (Å²) in [7, 11) is 0. The van der Waals surface area contributed by atoms with Crippen molar-refractivity contribution < 1.29 is 4.74 Å². The van der Waals surface area contributed by atoms with Crippen molar-refractivity contribution >= 4 is 15.9 Å². The molecule has 0 spiro atoms. The molecule has 0 fully saturated rings. The lowest BCUT2D eigenvalue weighted by molar-refractivity contribution is 0.352. The van der Waals surface area contributed by atoms with Crippen molar-refractivity contribution in [2.24, 2.45) is 5.73 Å². The predicted octanol–water partition coefficient (Wildman–Crippen LogP) is 2.27. The van der Waals surface area contributed by atoms with Crippen molar-refractivity contribution in [3.8, 4) is 5.75 Å². The van der Waals surface area contributed by atoms with Gasteiger partial charge in [-0.15, -0.1) is 0 Å². The lowest BCUT2D eigenvalue weighted by Crippen LogP contribution is -2.18. The van der Waals surface area contributed by atoms with Gasteiger partial charge >= 0.3 is 0 Å². The molecule has 1 aliphatic rings. The average molecular weight is 256 g/mol. The molecule has 0 aromatic heterocycles. The van der Waals surface area contributed by atoms with Gasteiger partial charge in [0, 0.05) is 16.9 Å². The highest BCUT2D eigenvalue weighted by atomic mass is 79.9. The average Bonchev–Trinajstić information content (AvgIpc) is 2.50. The van der Waals surface area contributed by atoms with Gasteiger partial charge in [-0.1, -0.05) is 15.9 Å². The lowest BCUT2D eigenvalue weighted by Gasteiger charge is -2.10. The van der Waals surface area contributed by atoms with Crippen LogP contribution in [0.2, 0.25) is 0 Å². The van der Waals surface area contributed by atoms with Crippen molar-refractivity contribution in [2.45, 2.75) is 25.8 Å². The summed E-state index contributed by atoms with van der Waals surface area (Å²) in [6.07, 6.45) is 1.89. The summed E-state index contributed by atoms with van der Waals surface area (Å²) in [5, 5.41) is 0. The maximum atomic E-state index is 5.80. The SMILES string of the molecule is CC(N)Cc1cc(Br)cc2c1OCC2. The number of halogens is 1. The van der Waals surface area contributed by atoms with E-state index in [0.717, 1.165) is 29.7 Å². The third-order valence-corrected chi connectivity index (χ3v) is 2.83. The van der Waals surface area contributed by atoms with Crippen LogP contribution in [0.25, 0.3) is 0 Å². The van der Waals surface area contributed by atoms with Crippen molar-refractivity contribution in [2.75, 3.05) is 6.61 Å². The van der Waals surface area contributed by atoms with E-state index in [2.05, 4.69) is 28.1 Å². The Kier molecular flexibility index (Phi) is 2.79. The van der Waals surface area contributed by atoms with Gasteiger partial charge in [-0.25, -0.2) is 0 Å². The normalized spacial score (nSPS) is 16.2. The summed E-state index contributed by atoms with van der Waals surface area (Å²) in [5.74, 6) is 1.06. The van der Waals surface area contributed by atoms with E-state index < -0.39 is 0 Å². The van der Waals surface area contributed by atoms with E-state index in [1.54, 1.807) is 0 Å². The molecule has 3 heteroatoms. The summed E-state index contributed by atoms with van der Waals surface area (Å²) in [5.41, 5.74) is 8.32. The zero-order chi connectivity index (χ0) is 10.1. The second-order valence-corrected chi connectivity index (χ2v) is 4.75. The Hall–Kier alpha value is -0.540. The van der Waals surface area contributed by atoms with Gasteiger partial charge < -0.3 is 10.5 Å². The Bertz CT molecular complexity index is 349. The molecule has 1 aromatic rings. The number of fused-ring (bicyclic) bond motifs is 1. The summed E-state index contributed by atoms with van der Waals surface area (Å²) < 4.78 is 6.73. The Labute approximate surface area is 92.6 Å². The number of ether oxygens (including phenoxy) is 1. The van der Waals surface area contributed by atoms with E-state index >= 15 is 0 Å². The number of hydrogen-bond acceptors (Lipinski definition) is 2. The molecule has 0 bridgehead atoms. The highest BCUT2D eigenvalue weighted by molar-refractivity contribution is 9.10. The van der Waals surface area contributed by atoms with Crippen LogP contribution in [-0.2, 0) is 12.8 Å². The molecule has 0 aliphatic carbocycles. The van der Waals surface area contributed by atoms with Crippen LogP contribution < -0.4 is 10.5 Å². The molecule has 2 N–H and O–H groups in total. The number of nitrogens with two attached hydrogens (primary N) is 1. The minimum absolute atomic E-state index is 0.178. The van der Waals surface area contributed by atoms with Crippen LogP contribution >= 0.6 is 15.9 Å². The molecule has 76 valence electrons. The Balaban J connectivity index is 2.38. The molecular weight excluding hydrogens is 242 g/mol. The second kappa shape index (κ2) is 3.91. The van der Waals surface area contributed by atoms with E-state index in [-0.39, 0.29) is 6.04 Å². The number of benzene rings is 1. The smallest absolute Gasteiger partial charge is 0.125 e. The molecule has 0 saturated carbocycles.